The van der Waals surface area contributed by atoms with E-state index < -0.39 is 16.1 Å². The molecule has 10 heteroatoms. The van der Waals surface area contributed by atoms with Crippen LogP contribution in [0, 0.1) is 6.92 Å². The van der Waals surface area contributed by atoms with Crippen molar-refractivity contribution in [1.29, 1.82) is 0 Å². The highest BCUT2D eigenvalue weighted by atomic mass is 35.5. The zero-order valence-corrected chi connectivity index (χ0v) is 22.2. The molecule has 0 aliphatic carbocycles. The average Bonchev–Trinajstić information content (AvgIpc) is 2.76. The van der Waals surface area contributed by atoms with Gasteiger partial charge in [0.15, 0.2) is 0 Å². The summed E-state index contributed by atoms with van der Waals surface area (Å²) in [7, 11) is -3.54. The standard InChI is InChI=1S/C24H31Cl2N3O4S/c1-5-27-24(31)18(3)28(16-20-21(25)8-6-9-22(20)26)23(30)10-7-15-29(34(4,32)33)19-13-11-17(2)12-14-19/h6,8-9,11-14,18H,5,7,10,15-16H2,1-4H3,(H,27,31)/t18-/m0/s1. The van der Waals surface area contributed by atoms with Crippen molar-refractivity contribution in [1.82, 2.24) is 10.2 Å². The number of sulfonamides is 1. The summed E-state index contributed by atoms with van der Waals surface area (Å²) in [5.74, 6) is -0.594. The number of halogens is 2. The minimum absolute atomic E-state index is 0.0453. The first-order valence-electron chi connectivity index (χ1n) is 11.0. The van der Waals surface area contributed by atoms with E-state index >= 15 is 0 Å². The maximum atomic E-state index is 13.2. The third-order valence-electron chi connectivity index (χ3n) is 5.38. The van der Waals surface area contributed by atoms with Gasteiger partial charge in [-0.05, 0) is 51.5 Å². The number of nitrogens with zero attached hydrogens (tertiary/aromatic N) is 2. The molecule has 0 unspecified atom stereocenters. The fraction of sp³-hybridized carbons (Fsp3) is 0.417. The Morgan fingerprint density at radius 3 is 2.18 bits per heavy atom. The van der Waals surface area contributed by atoms with Gasteiger partial charge in [0, 0.05) is 41.7 Å². The SMILES string of the molecule is CCNC(=O)[C@H](C)N(Cc1c(Cl)cccc1Cl)C(=O)CCCN(c1ccc(C)cc1)S(C)(=O)=O. The van der Waals surface area contributed by atoms with Gasteiger partial charge in [-0.2, -0.15) is 0 Å². The number of aryl methyl sites for hydroxylation is 1. The Balaban J connectivity index is 2.20. The lowest BCUT2D eigenvalue weighted by molar-refractivity contribution is -0.140. The third-order valence-corrected chi connectivity index (χ3v) is 7.28. The molecular formula is C24H31Cl2N3O4S. The number of hydrogen-bond acceptors (Lipinski definition) is 4. The van der Waals surface area contributed by atoms with Gasteiger partial charge in [-0.3, -0.25) is 13.9 Å². The van der Waals surface area contributed by atoms with Crippen LogP contribution in [0.3, 0.4) is 0 Å². The monoisotopic (exact) mass is 527 g/mol. The van der Waals surface area contributed by atoms with E-state index in [0.717, 1.165) is 11.8 Å². The zero-order valence-electron chi connectivity index (χ0n) is 19.8. The van der Waals surface area contributed by atoms with Gasteiger partial charge in [0.1, 0.15) is 6.04 Å². The van der Waals surface area contributed by atoms with E-state index in [4.69, 9.17) is 23.2 Å². The molecule has 0 aliphatic rings. The molecule has 34 heavy (non-hydrogen) atoms. The van der Waals surface area contributed by atoms with Crippen molar-refractivity contribution in [2.24, 2.45) is 0 Å². The second-order valence-corrected chi connectivity index (χ2v) is 10.8. The van der Waals surface area contributed by atoms with Crippen molar-refractivity contribution in [2.75, 3.05) is 23.7 Å². The molecule has 0 bridgehead atoms. The number of carbonyl (C=O) groups is 2. The molecule has 7 nitrogen and oxygen atoms in total. The summed E-state index contributed by atoms with van der Waals surface area (Å²) in [5, 5.41) is 3.53. The lowest BCUT2D eigenvalue weighted by atomic mass is 10.1. The van der Waals surface area contributed by atoms with Crippen LogP contribution in [0.1, 0.15) is 37.8 Å². The first-order valence-corrected chi connectivity index (χ1v) is 13.6. The number of rotatable bonds is 11. The van der Waals surface area contributed by atoms with Crippen molar-refractivity contribution in [3.63, 3.8) is 0 Å². The van der Waals surface area contributed by atoms with Gasteiger partial charge in [-0.1, -0.05) is 47.0 Å². The van der Waals surface area contributed by atoms with Crippen LogP contribution < -0.4 is 9.62 Å². The lowest BCUT2D eigenvalue weighted by Gasteiger charge is -2.30. The Morgan fingerprint density at radius 2 is 1.65 bits per heavy atom. The number of benzene rings is 2. The predicted molar refractivity (Wildman–Crippen MR) is 138 cm³/mol. The summed E-state index contributed by atoms with van der Waals surface area (Å²) in [6, 6.07) is 11.4. The highest BCUT2D eigenvalue weighted by Crippen LogP contribution is 2.27. The quantitative estimate of drug-likeness (QED) is 0.469. The van der Waals surface area contributed by atoms with Crippen LogP contribution in [0.15, 0.2) is 42.5 Å². The molecular weight excluding hydrogens is 497 g/mol. The minimum atomic E-state index is -3.54. The lowest BCUT2D eigenvalue weighted by Crippen LogP contribution is -2.47. The van der Waals surface area contributed by atoms with Crippen molar-refractivity contribution >= 4 is 50.7 Å². The molecule has 0 aliphatic heterocycles. The van der Waals surface area contributed by atoms with Gasteiger partial charge in [-0.25, -0.2) is 8.42 Å². The first-order chi connectivity index (χ1) is 16.0. The molecule has 2 amide bonds. The van der Waals surface area contributed by atoms with E-state index in [2.05, 4.69) is 5.32 Å². The van der Waals surface area contributed by atoms with E-state index in [1.165, 1.54) is 9.21 Å². The molecule has 2 rings (SSSR count). The molecule has 0 fully saturated rings. The van der Waals surface area contributed by atoms with Crippen LogP contribution in [0.5, 0.6) is 0 Å². The second kappa shape index (κ2) is 12.4. The van der Waals surface area contributed by atoms with Gasteiger partial charge in [0.05, 0.1) is 11.9 Å². The van der Waals surface area contributed by atoms with E-state index in [9.17, 15) is 18.0 Å². The highest BCUT2D eigenvalue weighted by molar-refractivity contribution is 7.92. The molecule has 2 aromatic rings. The van der Waals surface area contributed by atoms with Crippen molar-refractivity contribution in [3.05, 3.63) is 63.6 Å². The summed E-state index contributed by atoms with van der Waals surface area (Å²) < 4.78 is 26.0. The molecule has 0 saturated carbocycles. The average molecular weight is 529 g/mol. The summed E-state index contributed by atoms with van der Waals surface area (Å²) >= 11 is 12.6. The minimum Gasteiger partial charge on any atom is -0.355 e. The molecule has 186 valence electrons. The van der Waals surface area contributed by atoms with Gasteiger partial charge < -0.3 is 10.2 Å². The summed E-state index contributed by atoms with van der Waals surface area (Å²) in [5.41, 5.74) is 2.10. The number of anilines is 1. The predicted octanol–water partition coefficient (Wildman–Crippen LogP) is 4.40. The zero-order chi connectivity index (χ0) is 25.5. The Hall–Kier alpha value is -2.29. The Labute approximate surface area is 212 Å². The van der Waals surface area contributed by atoms with Crippen LogP contribution in [0.4, 0.5) is 5.69 Å². The van der Waals surface area contributed by atoms with Crippen LogP contribution in [0.25, 0.3) is 0 Å². The molecule has 0 aromatic heterocycles. The number of hydrogen-bond donors (Lipinski definition) is 1. The van der Waals surface area contributed by atoms with E-state index in [-0.39, 0.29) is 37.7 Å². The maximum absolute atomic E-state index is 13.2. The van der Waals surface area contributed by atoms with Crippen LogP contribution >= 0.6 is 23.2 Å². The number of amides is 2. The summed E-state index contributed by atoms with van der Waals surface area (Å²) in [4.78, 5) is 27.2. The van der Waals surface area contributed by atoms with Gasteiger partial charge in [-0.15, -0.1) is 0 Å². The van der Waals surface area contributed by atoms with Crippen LogP contribution in [-0.2, 0) is 26.2 Å². The van der Waals surface area contributed by atoms with Crippen molar-refractivity contribution in [2.45, 2.75) is 46.2 Å². The smallest absolute Gasteiger partial charge is 0.242 e. The van der Waals surface area contributed by atoms with Gasteiger partial charge in [0.25, 0.3) is 0 Å². The second-order valence-electron chi connectivity index (χ2n) is 8.07. The Bertz CT molecular complexity index is 1090. The molecule has 0 radical (unpaired) electrons. The Kier molecular flexibility index (Phi) is 10.2. The number of carbonyl (C=O) groups excluding carboxylic acids is 2. The Morgan fingerprint density at radius 1 is 1.06 bits per heavy atom. The maximum Gasteiger partial charge on any atom is 0.242 e. The summed E-state index contributed by atoms with van der Waals surface area (Å²) in [6.07, 6.45) is 1.45. The van der Waals surface area contributed by atoms with Gasteiger partial charge >= 0.3 is 0 Å². The number of nitrogens with one attached hydrogen (secondary N) is 1. The highest BCUT2D eigenvalue weighted by Gasteiger charge is 2.27. The molecule has 0 spiro atoms. The third kappa shape index (κ3) is 7.61. The van der Waals surface area contributed by atoms with E-state index in [1.54, 1.807) is 44.2 Å². The molecule has 1 N–H and O–H groups in total. The normalized spacial score (nSPS) is 12.2. The van der Waals surface area contributed by atoms with E-state index in [0.29, 0.717) is 27.8 Å². The van der Waals surface area contributed by atoms with Crippen LogP contribution in [0.2, 0.25) is 10.0 Å². The number of likely N-dealkylation sites (N-methyl/N-ethyl adjacent to an activating group) is 1. The van der Waals surface area contributed by atoms with Crippen LogP contribution in [-0.4, -0.2) is 50.5 Å². The van der Waals surface area contributed by atoms with Gasteiger partial charge in [0.2, 0.25) is 21.8 Å². The molecule has 0 saturated heterocycles. The summed E-state index contributed by atoms with van der Waals surface area (Å²) in [6.45, 7) is 5.98. The van der Waals surface area contributed by atoms with Crippen molar-refractivity contribution in [3.8, 4) is 0 Å². The fourth-order valence-electron chi connectivity index (χ4n) is 3.47. The van der Waals surface area contributed by atoms with Crippen molar-refractivity contribution < 1.29 is 18.0 Å². The van der Waals surface area contributed by atoms with E-state index in [1.807, 2.05) is 19.1 Å². The molecule has 0 heterocycles. The molecule has 1 atom stereocenters. The topological polar surface area (TPSA) is 86.8 Å². The molecule has 2 aromatic carbocycles. The fourth-order valence-corrected chi connectivity index (χ4v) is 4.96. The largest absolute Gasteiger partial charge is 0.355 e. The first kappa shape index (κ1) is 28.0.